The summed E-state index contributed by atoms with van der Waals surface area (Å²) in [4.78, 5) is 20.5. The zero-order valence-electron chi connectivity index (χ0n) is 14.5. The Morgan fingerprint density at radius 3 is 2.96 bits per heavy atom. The van der Waals surface area contributed by atoms with Crippen LogP contribution in [0, 0.1) is 18.8 Å². The van der Waals surface area contributed by atoms with Gasteiger partial charge >= 0.3 is 0 Å². The molecule has 1 fully saturated rings. The smallest absolute Gasteiger partial charge is 0.271 e. The molecule has 6 heteroatoms. The largest absolute Gasteiger partial charge is 0.378 e. The summed E-state index contributed by atoms with van der Waals surface area (Å²) in [7, 11) is 0. The Bertz CT molecular complexity index is 857. The summed E-state index contributed by atoms with van der Waals surface area (Å²) in [6, 6.07) is 7.05. The van der Waals surface area contributed by atoms with E-state index in [-0.39, 0.29) is 17.6 Å². The molecule has 0 radical (unpaired) electrons. The average Bonchev–Trinajstić information content (AvgIpc) is 2.61. The number of aliphatic hydroxyl groups is 1. The Labute approximate surface area is 157 Å². The van der Waals surface area contributed by atoms with Crippen LogP contribution >= 0.6 is 11.6 Å². The highest BCUT2D eigenvalue weighted by molar-refractivity contribution is 6.30. The summed E-state index contributed by atoms with van der Waals surface area (Å²) in [5.74, 6) is 5.66. The Kier molecular flexibility index (Phi) is 5.55. The van der Waals surface area contributed by atoms with Gasteiger partial charge in [0.1, 0.15) is 11.3 Å². The van der Waals surface area contributed by atoms with E-state index in [9.17, 15) is 9.90 Å². The van der Waals surface area contributed by atoms with Gasteiger partial charge in [-0.3, -0.25) is 9.78 Å². The number of benzene rings is 1. The van der Waals surface area contributed by atoms with Crippen LogP contribution in [0.5, 0.6) is 0 Å². The molecule has 0 bridgehead atoms. The fourth-order valence-corrected chi connectivity index (χ4v) is 3.20. The number of nitrogens with zero attached hydrogens (tertiary/aromatic N) is 2. The lowest BCUT2D eigenvalue weighted by Crippen LogP contribution is -2.45. The zero-order chi connectivity index (χ0) is 18.6. The predicted octanol–water partition coefficient (Wildman–Crippen LogP) is 2.89. The van der Waals surface area contributed by atoms with Crippen LogP contribution in [0.15, 0.2) is 36.7 Å². The van der Waals surface area contributed by atoms with E-state index >= 15 is 0 Å². The van der Waals surface area contributed by atoms with Crippen LogP contribution in [-0.2, 0) is 0 Å². The molecule has 1 aromatic heterocycles. The zero-order valence-corrected chi connectivity index (χ0v) is 15.3. The molecular formula is C20H20ClN3O2. The number of carbonyl (C=O) groups excluding carboxylic acids is 1. The molecular weight excluding hydrogens is 350 g/mol. The Balaban J connectivity index is 1.66. The fraction of sp³-hybridized carbons (Fsp3) is 0.350. The van der Waals surface area contributed by atoms with Gasteiger partial charge in [-0.2, -0.15) is 0 Å². The molecule has 5 nitrogen and oxygen atoms in total. The van der Waals surface area contributed by atoms with Crippen molar-refractivity contribution in [2.45, 2.75) is 44.2 Å². The van der Waals surface area contributed by atoms with E-state index in [0.29, 0.717) is 17.9 Å². The monoisotopic (exact) mass is 369 g/mol. The van der Waals surface area contributed by atoms with Gasteiger partial charge in [-0.1, -0.05) is 29.5 Å². The summed E-state index contributed by atoms with van der Waals surface area (Å²) >= 11 is 5.96. The van der Waals surface area contributed by atoms with Gasteiger partial charge in [-0.25, -0.2) is 4.98 Å². The molecule has 1 aromatic carbocycles. The van der Waals surface area contributed by atoms with Crippen LogP contribution in [0.4, 0.5) is 0 Å². The van der Waals surface area contributed by atoms with E-state index in [2.05, 4.69) is 27.1 Å². The maximum atomic E-state index is 12.3. The minimum absolute atomic E-state index is 0.155. The third kappa shape index (κ3) is 4.81. The van der Waals surface area contributed by atoms with Gasteiger partial charge in [0.15, 0.2) is 0 Å². The number of aromatic nitrogens is 2. The molecule has 1 heterocycles. The molecule has 1 amide bonds. The van der Waals surface area contributed by atoms with Crippen molar-refractivity contribution < 1.29 is 9.90 Å². The topological polar surface area (TPSA) is 75.1 Å². The van der Waals surface area contributed by atoms with Crippen molar-refractivity contribution in [2.75, 3.05) is 0 Å². The number of hydrogen-bond acceptors (Lipinski definition) is 4. The highest BCUT2D eigenvalue weighted by atomic mass is 35.5. The number of amides is 1. The van der Waals surface area contributed by atoms with Crippen LogP contribution < -0.4 is 5.32 Å². The normalized spacial score (nSPS) is 22.2. The first-order chi connectivity index (χ1) is 12.4. The second-order valence-electron chi connectivity index (χ2n) is 6.60. The number of hydrogen-bond donors (Lipinski definition) is 2. The van der Waals surface area contributed by atoms with Crippen molar-refractivity contribution in [1.29, 1.82) is 0 Å². The molecule has 2 atom stereocenters. The molecule has 1 saturated carbocycles. The number of halogens is 1. The molecule has 2 N–H and O–H groups in total. The number of nitrogens with one attached hydrogen (secondary N) is 1. The summed E-state index contributed by atoms with van der Waals surface area (Å²) in [5.41, 5.74) is 0.656. The van der Waals surface area contributed by atoms with Gasteiger partial charge in [0.2, 0.25) is 0 Å². The van der Waals surface area contributed by atoms with Crippen molar-refractivity contribution in [2.24, 2.45) is 0 Å². The second-order valence-corrected chi connectivity index (χ2v) is 7.04. The summed E-state index contributed by atoms with van der Waals surface area (Å²) < 4.78 is 0. The van der Waals surface area contributed by atoms with Gasteiger partial charge in [0.25, 0.3) is 5.91 Å². The molecule has 1 aliphatic rings. The SMILES string of the molecule is Cc1cnc(C(=O)N[C@H]2CCCC(O)(C#Cc3cccc(Cl)c3)C2)cn1. The van der Waals surface area contributed by atoms with Gasteiger partial charge in [-0.05, 0) is 44.4 Å². The van der Waals surface area contributed by atoms with Crippen molar-refractivity contribution in [1.82, 2.24) is 15.3 Å². The predicted molar refractivity (Wildman–Crippen MR) is 99.8 cm³/mol. The summed E-state index contributed by atoms with van der Waals surface area (Å²) in [5, 5.41) is 14.3. The molecule has 1 aliphatic carbocycles. The van der Waals surface area contributed by atoms with Gasteiger partial charge in [-0.15, -0.1) is 0 Å². The maximum Gasteiger partial charge on any atom is 0.271 e. The van der Waals surface area contributed by atoms with Crippen LogP contribution in [0.1, 0.15) is 47.4 Å². The Morgan fingerprint density at radius 1 is 1.38 bits per heavy atom. The molecule has 3 rings (SSSR count). The van der Waals surface area contributed by atoms with Crippen LogP contribution in [0.2, 0.25) is 5.02 Å². The minimum atomic E-state index is -1.13. The second kappa shape index (κ2) is 7.86. The van der Waals surface area contributed by atoms with Gasteiger partial charge in [0, 0.05) is 29.2 Å². The maximum absolute atomic E-state index is 12.3. The lowest BCUT2D eigenvalue weighted by Gasteiger charge is -2.33. The van der Waals surface area contributed by atoms with Crippen molar-refractivity contribution >= 4 is 17.5 Å². The third-order valence-electron chi connectivity index (χ3n) is 4.34. The van der Waals surface area contributed by atoms with E-state index in [1.807, 2.05) is 19.1 Å². The van der Waals surface area contributed by atoms with Gasteiger partial charge in [0.05, 0.1) is 11.9 Å². The summed E-state index contributed by atoms with van der Waals surface area (Å²) in [6.07, 6.45) is 5.56. The standard InChI is InChI=1S/C20H20ClN3O2/c1-14-12-23-18(13-22-14)19(25)24-17-6-3-8-20(26,11-17)9-7-15-4-2-5-16(21)10-15/h2,4-5,10,12-13,17,26H,3,6,8,11H2,1H3,(H,24,25)/t17-,20?/m0/s1. The lowest BCUT2D eigenvalue weighted by atomic mass is 9.82. The molecule has 2 aromatic rings. The Hall–Kier alpha value is -2.42. The van der Waals surface area contributed by atoms with Crippen LogP contribution in [0.3, 0.4) is 0 Å². The van der Waals surface area contributed by atoms with Crippen LogP contribution in [-0.4, -0.2) is 32.6 Å². The lowest BCUT2D eigenvalue weighted by molar-refractivity contribution is 0.0451. The average molecular weight is 370 g/mol. The molecule has 1 unspecified atom stereocenters. The van der Waals surface area contributed by atoms with Crippen molar-refractivity contribution in [3.05, 3.63) is 58.6 Å². The highest BCUT2D eigenvalue weighted by Crippen LogP contribution is 2.28. The van der Waals surface area contributed by atoms with E-state index in [4.69, 9.17) is 11.6 Å². The third-order valence-corrected chi connectivity index (χ3v) is 4.58. The van der Waals surface area contributed by atoms with E-state index in [0.717, 1.165) is 24.1 Å². The number of aryl methyl sites for hydroxylation is 1. The van der Waals surface area contributed by atoms with Crippen molar-refractivity contribution in [3.8, 4) is 11.8 Å². The first kappa shape index (κ1) is 18.4. The summed E-state index contributed by atoms with van der Waals surface area (Å²) in [6.45, 7) is 1.81. The van der Waals surface area contributed by atoms with E-state index in [1.165, 1.54) is 6.20 Å². The molecule has 0 spiro atoms. The van der Waals surface area contributed by atoms with Crippen LogP contribution in [0.25, 0.3) is 0 Å². The number of rotatable bonds is 2. The first-order valence-electron chi connectivity index (χ1n) is 8.54. The first-order valence-corrected chi connectivity index (χ1v) is 8.92. The minimum Gasteiger partial charge on any atom is -0.378 e. The molecule has 0 saturated heterocycles. The van der Waals surface area contributed by atoms with Gasteiger partial charge < -0.3 is 10.4 Å². The van der Waals surface area contributed by atoms with Crippen molar-refractivity contribution in [3.63, 3.8) is 0 Å². The fourth-order valence-electron chi connectivity index (χ4n) is 3.01. The quantitative estimate of drug-likeness (QED) is 0.798. The number of carbonyl (C=O) groups is 1. The highest BCUT2D eigenvalue weighted by Gasteiger charge is 2.33. The molecule has 134 valence electrons. The molecule has 26 heavy (non-hydrogen) atoms. The van der Waals surface area contributed by atoms with E-state index < -0.39 is 5.60 Å². The Morgan fingerprint density at radius 2 is 2.23 bits per heavy atom. The van der Waals surface area contributed by atoms with E-state index in [1.54, 1.807) is 18.3 Å². The molecule has 0 aliphatic heterocycles.